The van der Waals surface area contributed by atoms with Crippen LogP contribution in [-0.4, -0.2) is 62.8 Å². The van der Waals surface area contributed by atoms with E-state index in [1.807, 2.05) is 30.9 Å². The molecule has 1 N–H and O–H groups in total. The van der Waals surface area contributed by atoms with E-state index in [1.54, 1.807) is 10.4 Å². The molecule has 0 saturated carbocycles. The van der Waals surface area contributed by atoms with Crippen LogP contribution in [0.1, 0.15) is 24.0 Å². The lowest BCUT2D eigenvalue weighted by Gasteiger charge is -2.33. The Kier molecular flexibility index (Phi) is 5.03. The minimum Gasteiger partial charge on any atom is -0.342 e. The number of carbonyl (C=O) groups is 1. The smallest absolute Gasteiger partial charge is 0.243 e. The molecule has 3 aliphatic rings. The average molecular weight is 392 g/mol. The van der Waals surface area contributed by atoms with Gasteiger partial charge in [0.15, 0.2) is 0 Å². The number of carbonyl (C=O) groups excluding carboxylic acids is 1. The van der Waals surface area contributed by atoms with Crippen LogP contribution in [-0.2, 0) is 14.8 Å². The largest absolute Gasteiger partial charge is 0.342 e. The van der Waals surface area contributed by atoms with E-state index in [4.69, 9.17) is 0 Å². The summed E-state index contributed by atoms with van der Waals surface area (Å²) in [4.78, 5) is 15.3. The maximum absolute atomic E-state index is 13.0. The number of hydrogen-bond acceptors (Lipinski definition) is 4. The Morgan fingerprint density at radius 1 is 1.07 bits per heavy atom. The molecule has 7 heteroatoms. The van der Waals surface area contributed by atoms with Gasteiger partial charge in [-0.15, -0.1) is 0 Å². The van der Waals surface area contributed by atoms with Gasteiger partial charge in [-0.1, -0.05) is 17.7 Å². The van der Waals surface area contributed by atoms with Crippen molar-refractivity contribution in [1.82, 2.24) is 14.5 Å². The highest BCUT2D eigenvalue weighted by atomic mass is 32.2. The fourth-order valence-corrected chi connectivity index (χ4v) is 6.54. The summed E-state index contributed by atoms with van der Waals surface area (Å²) in [5.41, 5.74) is 1.84. The van der Waals surface area contributed by atoms with E-state index < -0.39 is 10.0 Å². The summed E-state index contributed by atoms with van der Waals surface area (Å²) >= 11 is 0. The van der Waals surface area contributed by atoms with Crippen molar-refractivity contribution in [3.05, 3.63) is 29.3 Å². The van der Waals surface area contributed by atoms with Crippen LogP contribution in [0.25, 0.3) is 0 Å². The van der Waals surface area contributed by atoms with Crippen LogP contribution in [0.3, 0.4) is 0 Å². The fraction of sp³-hybridized carbons (Fsp3) is 0.650. The number of rotatable bonds is 3. The molecule has 0 spiro atoms. The van der Waals surface area contributed by atoms with Crippen molar-refractivity contribution in [2.75, 3.05) is 39.3 Å². The third kappa shape index (κ3) is 3.52. The van der Waals surface area contributed by atoms with Crippen LogP contribution in [0.4, 0.5) is 0 Å². The van der Waals surface area contributed by atoms with Crippen LogP contribution in [0, 0.1) is 31.6 Å². The zero-order valence-electron chi connectivity index (χ0n) is 16.1. The van der Waals surface area contributed by atoms with Gasteiger partial charge in [-0.3, -0.25) is 4.79 Å². The monoisotopic (exact) mass is 391 g/mol. The van der Waals surface area contributed by atoms with E-state index in [0.717, 1.165) is 37.3 Å². The van der Waals surface area contributed by atoms with E-state index in [-0.39, 0.29) is 11.8 Å². The molecular weight excluding hydrogens is 362 g/mol. The molecule has 0 aliphatic carbocycles. The summed E-state index contributed by atoms with van der Waals surface area (Å²) in [5.74, 6) is 1.38. The van der Waals surface area contributed by atoms with Crippen molar-refractivity contribution in [3.8, 4) is 0 Å². The first-order valence-corrected chi connectivity index (χ1v) is 11.4. The van der Waals surface area contributed by atoms with Crippen molar-refractivity contribution < 1.29 is 13.2 Å². The number of aryl methyl sites for hydroxylation is 2. The van der Waals surface area contributed by atoms with Crippen molar-refractivity contribution in [1.29, 1.82) is 0 Å². The number of piperidine rings is 1. The second-order valence-electron chi connectivity index (χ2n) is 8.37. The van der Waals surface area contributed by atoms with Gasteiger partial charge < -0.3 is 10.2 Å². The third-order valence-corrected chi connectivity index (χ3v) is 8.51. The molecule has 1 aromatic rings. The van der Waals surface area contributed by atoms with Gasteiger partial charge >= 0.3 is 0 Å². The molecule has 3 aliphatic heterocycles. The molecular formula is C20H29N3O3S. The number of nitrogens with one attached hydrogen (secondary N) is 1. The van der Waals surface area contributed by atoms with Gasteiger partial charge in [0.05, 0.1) is 4.90 Å². The standard InChI is InChI=1S/C20H29N3O3S/c1-14-3-4-19(15(2)9-14)27(25,26)23-7-5-16(6-8-23)20(24)22-12-17-10-21-11-18(17)13-22/h3-4,9,16-18,21H,5-8,10-13H2,1-2H3/t17-,18+. The quantitative estimate of drug-likeness (QED) is 0.845. The predicted octanol–water partition coefficient (Wildman–Crippen LogP) is 1.38. The number of benzene rings is 1. The van der Waals surface area contributed by atoms with Crippen molar-refractivity contribution in [2.24, 2.45) is 17.8 Å². The number of amides is 1. The van der Waals surface area contributed by atoms with Crippen molar-refractivity contribution in [3.63, 3.8) is 0 Å². The SMILES string of the molecule is Cc1ccc(S(=O)(=O)N2CCC(C(=O)N3C[C@H]4CNC[C@H]4C3)CC2)c(C)c1. The molecule has 0 aromatic heterocycles. The molecule has 3 heterocycles. The molecule has 3 saturated heterocycles. The summed E-state index contributed by atoms with van der Waals surface area (Å²) < 4.78 is 27.6. The highest BCUT2D eigenvalue weighted by Crippen LogP contribution is 2.31. The number of fused-ring (bicyclic) bond motifs is 1. The van der Waals surface area contributed by atoms with Gasteiger partial charge in [-0.2, -0.15) is 4.31 Å². The summed E-state index contributed by atoms with van der Waals surface area (Å²) in [6.07, 6.45) is 1.24. The summed E-state index contributed by atoms with van der Waals surface area (Å²) in [5, 5.41) is 3.40. The first-order valence-electron chi connectivity index (χ1n) is 9.93. The maximum atomic E-state index is 13.0. The van der Waals surface area contributed by atoms with E-state index in [0.29, 0.717) is 42.7 Å². The number of sulfonamides is 1. The van der Waals surface area contributed by atoms with Crippen LogP contribution in [0.15, 0.2) is 23.1 Å². The Morgan fingerprint density at radius 2 is 1.70 bits per heavy atom. The van der Waals surface area contributed by atoms with E-state index in [1.165, 1.54) is 0 Å². The summed E-state index contributed by atoms with van der Waals surface area (Å²) in [7, 11) is -3.49. The van der Waals surface area contributed by atoms with Gasteiger partial charge in [-0.05, 0) is 50.2 Å². The number of nitrogens with zero attached hydrogens (tertiary/aromatic N) is 2. The van der Waals surface area contributed by atoms with Crippen LogP contribution >= 0.6 is 0 Å². The second-order valence-corrected chi connectivity index (χ2v) is 10.3. The summed E-state index contributed by atoms with van der Waals surface area (Å²) in [6.45, 7) is 8.40. The summed E-state index contributed by atoms with van der Waals surface area (Å²) in [6, 6.07) is 5.45. The molecule has 27 heavy (non-hydrogen) atoms. The van der Waals surface area contributed by atoms with Crippen LogP contribution < -0.4 is 5.32 Å². The van der Waals surface area contributed by atoms with Crippen LogP contribution in [0.5, 0.6) is 0 Å². The molecule has 1 aromatic carbocycles. The topological polar surface area (TPSA) is 69.7 Å². The number of hydrogen-bond donors (Lipinski definition) is 1. The van der Waals surface area contributed by atoms with Gasteiger partial charge in [-0.25, -0.2) is 8.42 Å². The van der Waals surface area contributed by atoms with Crippen molar-refractivity contribution >= 4 is 15.9 Å². The van der Waals surface area contributed by atoms with Gasteiger partial charge in [0.1, 0.15) is 0 Å². The minimum absolute atomic E-state index is 0.0395. The molecule has 4 rings (SSSR count). The Balaban J connectivity index is 1.39. The lowest BCUT2D eigenvalue weighted by atomic mass is 9.96. The Labute approximate surface area is 162 Å². The molecule has 0 bridgehead atoms. The fourth-order valence-electron chi connectivity index (χ4n) is 4.86. The maximum Gasteiger partial charge on any atom is 0.243 e. The highest BCUT2D eigenvalue weighted by molar-refractivity contribution is 7.89. The predicted molar refractivity (Wildman–Crippen MR) is 104 cm³/mol. The molecule has 2 atom stereocenters. The molecule has 0 radical (unpaired) electrons. The molecule has 3 fully saturated rings. The highest BCUT2D eigenvalue weighted by Gasteiger charge is 2.41. The third-order valence-electron chi connectivity index (χ3n) is 6.45. The molecule has 148 valence electrons. The zero-order valence-corrected chi connectivity index (χ0v) is 17.0. The van der Waals surface area contributed by atoms with E-state index in [9.17, 15) is 13.2 Å². The average Bonchev–Trinajstić information content (AvgIpc) is 3.23. The van der Waals surface area contributed by atoms with Crippen molar-refractivity contribution in [2.45, 2.75) is 31.6 Å². The first kappa shape index (κ1) is 18.9. The zero-order chi connectivity index (χ0) is 19.2. The van der Waals surface area contributed by atoms with Crippen LogP contribution in [0.2, 0.25) is 0 Å². The minimum atomic E-state index is -3.49. The second kappa shape index (κ2) is 7.18. The van der Waals surface area contributed by atoms with E-state index in [2.05, 4.69) is 5.32 Å². The normalized spacial score (nSPS) is 27.1. The molecule has 1 amide bonds. The Bertz CT molecular complexity index is 819. The molecule has 0 unspecified atom stereocenters. The Hall–Kier alpha value is -1.44. The lowest BCUT2D eigenvalue weighted by molar-refractivity contribution is -0.135. The first-order chi connectivity index (χ1) is 12.9. The van der Waals surface area contributed by atoms with Gasteiger partial charge in [0.2, 0.25) is 15.9 Å². The molecule has 6 nitrogen and oxygen atoms in total. The Morgan fingerprint density at radius 3 is 2.30 bits per heavy atom. The van der Waals surface area contributed by atoms with Gasteiger partial charge in [0, 0.05) is 45.2 Å². The van der Waals surface area contributed by atoms with Gasteiger partial charge in [0.25, 0.3) is 0 Å². The lowest BCUT2D eigenvalue weighted by Crippen LogP contribution is -2.44. The number of likely N-dealkylation sites (tertiary alicyclic amines) is 1. The van der Waals surface area contributed by atoms with E-state index >= 15 is 0 Å².